The van der Waals surface area contributed by atoms with E-state index in [2.05, 4.69) is 0 Å². The molecule has 0 spiro atoms. The van der Waals surface area contributed by atoms with Gasteiger partial charge in [-0.15, -0.1) is 4.83 Å². The highest BCUT2D eigenvalue weighted by Crippen LogP contribution is 2.22. The first-order valence-corrected chi connectivity index (χ1v) is 10.2. The number of carbonyl (C=O) groups excluding carboxylic acids is 1. The lowest BCUT2D eigenvalue weighted by Gasteiger charge is -2.11. The maximum absolute atomic E-state index is 12.9. The average molecular weight is 385 g/mol. The number of sulfonamides is 1. The Kier molecular flexibility index (Phi) is 5.29. The minimum absolute atomic E-state index is 0.0296. The molecule has 0 aliphatic carbocycles. The van der Waals surface area contributed by atoms with Gasteiger partial charge in [0.15, 0.2) is 9.84 Å². The van der Waals surface area contributed by atoms with Crippen LogP contribution < -0.4 is 10.3 Å². The molecule has 1 aliphatic heterocycles. The highest BCUT2D eigenvalue weighted by molar-refractivity contribution is 7.91. The molecule has 0 saturated carbocycles. The summed E-state index contributed by atoms with van der Waals surface area (Å²) in [6.07, 6.45) is 0.255. The zero-order valence-electron chi connectivity index (χ0n) is 11.8. The third-order valence-corrected chi connectivity index (χ3v) is 6.88. The Labute approximate surface area is 138 Å². The van der Waals surface area contributed by atoms with Crippen LogP contribution in [0.25, 0.3) is 0 Å². The van der Waals surface area contributed by atoms with E-state index >= 15 is 0 Å². The molecule has 7 nitrogen and oxygen atoms in total. The van der Waals surface area contributed by atoms with Crippen LogP contribution in [0.2, 0.25) is 5.02 Å². The number of benzene rings is 1. The van der Waals surface area contributed by atoms with Gasteiger partial charge in [0, 0.05) is 6.42 Å². The Morgan fingerprint density at radius 3 is 2.65 bits per heavy atom. The molecule has 1 aliphatic rings. The molecule has 1 amide bonds. The fourth-order valence-electron chi connectivity index (χ4n) is 2.22. The molecule has 23 heavy (non-hydrogen) atoms. The molecule has 1 unspecified atom stereocenters. The smallest absolute Gasteiger partial charge is 0.258 e. The summed E-state index contributed by atoms with van der Waals surface area (Å²) in [5.41, 5.74) is 1.99. The van der Waals surface area contributed by atoms with Crippen LogP contribution in [0.1, 0.15) is 12.8 Å². The van der Waals surface area contributed by atoms with Crippen LogP contribution in [0.15, 0.2) is 23.1 Å². The summed E-state index contributed by atoms with van der Waals surface area (Å²) in [5.74, 6) is -1.74. The molecule has 1 aromatic rings. The van der Waals surface area contributed by atoms with E-state index in [1.807, 2.05) is 10.3 Å². The summed E-state index contributed by atoms with van der Waals surface area (Å²) in [4.78, 5) is 13.2. The van der Waals surface area contributed by atoms with Crippen molar-refractivity contribution in [1.29, 1.82) is 0 Å². The first-order valence-electron chi connectivity index (χ1n) is 6.55. The highest BCUT2D eigenvalue weighted by Gasteiger charge is 2.29. The molecule has 2 N–H and O–H groups in total. The van der Waals surface area contributed by atoms with E-state index in [0.29, 0.717) is 6.42 Å². The molecule has 1 atom stereocenters. The van der Waals surface area contributed by atoms with Gasteiger partial charge in [0.2, 0.25) is 5.91 Å². The molecule has 1 heterocycles. The average Bonchev–Trinajstić information content (AvgIpc) is 2.75. The molecule has 0 bridgehead atoms. The number of amides is 1. The van der Waals surface area contributed by atoms with Crippen molar-refractivity contribution in [2.45, 2.75) is 17.7 Å². The summed E-state index contributed by atoms with van der Waals surface area (Å²) in [5, 5.41) is -0.325. The van der Waals surface area contributed by atoms with Crippen molar-refractivity contribution in [3.8, 4) is 0 Å². The van der Waals surface area contributed by atoms with E-state index in [1.54, 1.807) is 0 Å². The van der Waals surface area contributed by atoms with Gasteiger partial charge in [-0.25, -0.2) is 21.2 Å². The predicted octanol–water partition coefficient (Wildman–Crippen LogP) is 0.613. The van der Waals surface area contributed by atoms with E-state index in [-0.39, 0.29) is 33.8 Å². The van der Waals surface area contributed by atoms with Gasteiger partial charge in [-0.1, -0.05) is 11.6 Å². The number of rotatable bonds is 5. The van der Waals surface area contributed by atoms with Crippen molar-refractivity contribution in [2.75, 3.05) is 11.5 Å². The van der Waals surface area contributed by atoms with E-state index in [9.17, 15) is 26.0 Å². The number of nitrogens with one attached hydrogen (secondary N) is 2. The number of hydrogen-bond acceptors (Lipinski definition) is 5. The minimum Gasteiger partial charge on any atom is -0.278 e. The summed E-state index contributed by atoms with van der Waals surface area (Å²) in [7, 11) is -7.27. The van der Waals surface area contributed by atoms with Gasteiger partial charge < -0.3 is 0 Å². The van der Waals surface area contributed by atoms with Gasteiger partial charge >= 0.3 is 0 Å². The molecule has 1 saturated heterocycles. The van der Waals surface area contributed by atoms with Crippen molar-refractivity contribution in [3.05, 3.63) is 29.0 Å². The molecule has 0 aromatic heterocycles. The molecule has 128 valence electrons. The topological polar surface area (TPSA) is 109 Å². The fraction of sp³-hybridized carbons (Fsp3) is 0.417. The number of hydrogen-bond donors (Lipinski definition) is 2. The minimum atomic E-state index is -4.16. The summed E-state index contributed by atoms with van der Waals surface area (Å²) >= 11 is 5.66. The van der Waals surface area contributed by atoms with Crippen molar-refractivity contribution in [2.24, 2.45) is 5.92 Å². The van der Waals surface area contributed by atoms with Gasteiger partial charge in [-0.2, -0.15) is 0 Å². The maximum Gasteiger partial charge on any atom is 0.258 e. The third kappa shape index (κ3) is 4.87. The summed E-state index contributed by atoms with van der Waals surface area (Å²) < 4.78 is 59.5. The van der Waals surface area contributed by atoms with Gasteiger partial charge in [0.25, 0.3) is 10.0 Å². The Balaban J connectivity index is 1.95. The van der Waals surface area contributed by atoms with Crippen molar-refractivity contribution < 1.29 is 26.0 Å². The number of carbonyl (C=O) groups is 1. The van der Waals surface area contributed by atoms with Gasteiger partial charge in [-0.05, 0) is 30.5 Å². The largest absolute Gasteiger partial charge is 0.278 e. The zero-order chi connectivity index (χ0) is 17.3. The lowest BCUT2D eigenvalue weighted by atomic mass is 10.1. The van der Waals surface area contributed by atoms with Crippen LogP contribution in [-0.2, 0) is 24.7 Å². The second-order valence-corrected chi connectivity index (χ2v) is 9.49. The molecule has 0 radical (unpaired) electrons. The maximum atomic E-state index is 12.9. The van der Waals surface area contributed by atoms with Crippen LogP contribution in [-0.4, -0.2) is 34.2 Å². The first-order chi connectivity index (χ1) is 10.6. The predicted molar refractivity (Wildman–Crippen MR) is 81.3 cm³/mol. The van der Waals surface area contributed by atoms with Crippen LogP contribution >= 0.6 is 11.6 Å². The molecule has 1 fully saturated rings. The second kappa shape index (κ2) is 6.71. The zero-order valence-corrected chi connectivity index (χ0v) is 14.1. The number of sulfone groups is 1. The van der Waals surface area contributed by atoms with E-state index in [1.165, 1.54) is 0 Å². The van der Waals surface area contributed by atoms with E-state index in [4.69, 9.17) is 11.6 Å². The summed E-state index contributed by atoms with van der Waals surface area (Å²) in [6, 6.07) is 2.72. The van der Waals surface area contributed by atoms with Crippen LogP contribution in [0, 0.1) is 11.7 Å². The molecule has 1 aromatic carbocycles. The first kappa shape index (κ1) is 18.1. The van der Waals surface area contributed by atoms with Crippen molar-refractivity contribution in [3.63, 3.8) is 0 Å². The fourth-order valence-corrected chi connectivity index (χ4v) is 5.47. The highest BCUT2D eigenvalue weighted by atomic mass is 35.5. The number of halogens is 2. The molecular formula is C12H14ClFN2O5S2. The lowest BCUT2D eigenvalue weighted by molar-refractivity contribution is -0.122. The van der Waals surface area contributed by atoms with Gasteiger partial charge in [-0.3, -0.25) is 10.2 Å². The van der Waals surface area contributed by atoms with Crippen molar-refractivity contribution in [1.82, 2.24) is 10.3 Å². The Bertz CT molecular complexity index is 826. The monoisotopic (exact) mass is 384 g/mol. The lowest BCUT2D eigenvalue weighted by Crippen LogP contribution is -2.42. The molecule has 11 heteroatoms. The third-order valence-electron chi connectivity index (χ3n) is 3.31. The van der Waals surface area contributed by atoms with E-state index in [0.717, 1.165) is 18.2 Å². The van der Waals surface area contributed by atoms with Gasteiger partial charge in [0.05, 0.1) is 16.5 Å². The Morgan fingerprint density at radius 1 is 1.39 bits per heavy atom. The number of hydrazine groups is 1. The molecule has 2 rings (SSSR count). The summed E-state index contributed by atoms with van der Waals surface area (Å²) in [6.45, 7) is 0. The normalized spacial score (nSPS) is 20.3. The second-order valence-electron chi connectivity index (χ2n) is 5.20. The van der Waals surface area contributed by atoms with Crippen molar-refractivity contribution >= 4 is 37.4 Å². The van der Waals surface area contributed by atoms with Crippen LogP contribution in [0.5, 0.6) is 0 Å². The standard InChI is InChI=1S/C12H14ClFN2O5S2/c13-10-6-9(14)1-2-11(10)23(20,21)16-15-12(17)5-8-3-4-22(18,19)7-8/h1-2,6,8,16H,3-5,7H2,(H,15,17). The Hall–Kier alpha value is -1.23. The molecular weight excluding hydrogens is 371 g/mol. The Morgan fingerprint density at radius 2 is 2.09 bits per heavy atom. The van der Waals surface area contributed by atoms with Gasteiger partial charge in [0.1, 0.15) is 10.7 Å². The quantitative estimate of drug-likeness (QED) is 0.723. The van der Waals surface area contributed by atoms with Crippen LogP contribution in [0.4, 0.5) is 4.39 Å². The van der Waals surface area contributed by atoms with E-state index < -0.39 is 31.6 Å². The van der Waals surface area contributed by atoms with Crippen LogP contribution in [0.3, 0.4) is 0 Å². The SMILES string of the molecule is O=C(CC1CCS(=O)(=O)C1)NNS(=O)(=O)c1ccc(F)cc1Cl.